The zero-order valence-corrected chi connectivity index (χ0v) is 17.0. The molecule has 0 spiro atoms. The van der Waals surface area contributed by atoms with Gasteiger partial charge in [0.05, 0.1) is 12.2 Å². The molecule has 3 N–H and O–H groups in total. The number of allylic oxidation sites excluding steroid dienone is 1. The number of carbonyl (C=O) groups excluding carboxylic acids is 2. The Morgan fingerprint density at radius 2 is 1.77 bits per heavy atom. The molecule has 2 aromatic carbocycles. The van der Waals surface area contributed by atoms with Gasteiger partial charge in [0, 0.05) is 11.1 Å². The van der Waals surface area contributed by atoms with Crippen molar-refractivity contribution in [3.05, 3.63) is 82.8 Å². The first-order valence-electron chi connectivity index (χ1n) is 8.99. The van der Waals surface area contributed by atoms with E-state index in [1.54, 1.807) is 25.1 Å². The lowest BCUT2D eigenvalue weighted by Crippen LogP contribution is -2.34. The first-order chi connectivity index (χ1) is 14.2. The van der Waals surface area contributed by atoms with E-state index in [9.17, 15) is 24.9 Å². The molecule has 0 radical (unpaired) electrons. The summed E-state index contributed by atoms with van der Waals surface area (Å²) in [4.78, 5) is 24.5. The molecule has 0 saturated carbocycles. The van der Waals surface area contributed by atoms with E-state index in [2.05, 4.69) is 0 Å². The molecule has 2 aromatic rings. The van der Waals surface area contributed by atoms with Crippen LogP contribution in [0.5, 0.6) is 0 Å². The van der Waals surface area contributed by atoms with Crippen molar-refractivity contribution in [1.82, 2.24) is 0 Å². The Morgan fingerprint density at radius 1 is 1.13 bits per heavy atom. The lowest BCUT2D eigenvalue weighted by Gasteiger charge is -2.22. The number of ether oxygens (including phenoxy) is 2. The van der Waals surface area contributed by atoms with Crippen LogP contribution in [0, 0.1) is 0 Å². The Hall–Kier alpha value is -2.85. The molecule has 158 valence electrons. The maximum Gasteiger partial charge on any atom is 0.338 e. The maximum absolute atomic E-state index is 12.8. The molecule has 1 unspecified atom stereocenters. The molecular formula is C21H20O8S. The van der Waals surface area contributed by atoms with Crippen molar-refractivity contribution in [3.63, 3.8) is 0 Å². The Morgan fingerprint density at radius 3 is 2.37 bits per heavy atom. The van der Waals surface area contributed by atoms with E-state index >= 15 is 0 Å². The van der Waals surface area contributed by atoms with E-state index in [0.717, 1.165) is 0 Å². The van der Waals surface area contributed by atoms with Crippen molar-refractivity contribution in [2.75, 3.05) is 6.61 Å². The molecule has 9 heteroatoms. The van der Waals surface area contributed by atoms with E-state index in [0.29, 0.717) is 0 Å². The van der Waals surface area contributed by atoms with Crippen LogP contribution < -0.4 is 0 Å². The number of aliphatic hydroxyl groups is 3. The minimum Gasteiger partial charge on any atom is -0.462 e. The molecule has 0 aliphatic carbocycles. The van der Waals surface area contributed by atoms with Crippen molar-refractivity contribution in [1.29, 1.82) is 0 Å². The molecule has 30 heavy (non-hydrogen) atoms. The average molecular weight is 432 g/mol. The lowest BCUT2D eigenvalue weighted by molar-refractivity contribution is -0.182. The highest BCUT2D eigenvalue weighted by molar-refractivity contribution is 7.95. The molecule has 1 heterocycles. The van der Waals surface area contributed by atoms with Crippen LogP contribution in [0.2, 0.25) is 0 Å². The summed E-state index contributed by atoms with van der Waals surface area (Å²) in [5.41, 5.74) is 0.467. The van der Waals surface area contributed by atoms with Gasteiger partial charge in [-0.2, -0.15) is 0 Å². The van der Waals surface area contributed by atoms with Gasteiger partial charge in [-0.05, 0) is 26.0 Å². The van der Waals surface area contributed by atoms with Crippen molar-refractivity contribution >= 4 is 23.8 Å². The van der Waals surface area contributed by atoms with Crippen LogP contribution in [0.4, 0.5) is 0 Å². The fourth-order valence-electron chi connectivity index (χ4n) is 2.76. The topological polar surface area (TPSA) is 123 Å². The summed E-state index contributed by atoms with van der Waals surface area (Å²) in [5, 5.41) is 28.8. The van der Waals surface area contributed by atoms with Crippen LogP contribution in [-0.4, -0.2) is 33.7 Å². The van der Waals surface area contributed by atoms with Crippen LogP contribution in [-0.2, 0) is 29.4 Å². The van der Waals surface area contributed by atoms with Gasteiger partial charge in [-0.1, -0.05) is 42.5 Å². The average Bonchev–Trinajstić information content (AvgIpc) is 2.96. The molecular weight excluding hydrogens is 412 g/mol. The number of carbonyl (C=O) groups is 2. The van der Waals surface area contributed by atoms with Crippen molar-refractivity contribution in [2.24, 2.45) is 0 Å². The number of benzene rings is 2. The predicted octanol–water partition coefficient (Wildman–Crippen LogP) is 2.30. The van der Waals surface area contributed by atoms with Gasteiger partial charge in [0.1, 0.15) is 17.8 Å². The van der Waals surface area contributed by atoms with E-state index in [1.807, 2.05) is 0 Å². The van der Waals surface area contributed by atoms with Crippen molar-refractivity contribution in [2.45, 2.75) is 24.8 Å². The van der Waals surface area contributed by atoms with Gasteiger partial charge in [0.2, 0.25) is 5.76 Å². The number of hydrogen-bond donors (Lipinski definition) is 3. The van der Waals surface area contributed by atoms with Gasteiger partial charge in [-0.25, -0.2) is 4.79 Å². The second-order valence-electron chi connectivity index (χ2n) is 6.40. The molecule has 1 aliphatic rings. The fourth-order valence-corrected chi connectivity index (χ4v) is 3.39. The first kappa shape index (κ1) is 21.8. The Kier molecular flexibility index (Phi) is 6.18. The summed E-state index contributed by atoms with van der Waals surface area (Å²) in [7, 11) is 0. The standard InChI is InChI=1S/C21H20O8S/c1-3-27-19(23)14-9-11-15(12-10-14)20(24)18(22)17(13(2)28-20)29-30-21(25,26)16-7-5-4-6-8-16/h4-12,24-26H,3H2,1-2H3. The van der Waals surface area contributed by atoms with Crippen LogP contribution in [0.1, 0.15) is 35.3 Å². The largest absolute Gasteiger partial charge is 0.462 e. The number of Topliss-reactive ketones (excluding diaryl/α,β-unsaturated/α-hetero) is 1. The Labute approximate surface area is 176 Å². The summed E-state index contributed by atoms with van der Waals surface area (Å²) in [6.07, 6.45) is 0. The molecule has 3 rings (SSSR count). The van der Waals surface area contributed by atoms with Gasteiger partial charge in [-0.3, -0.25) is 4.79 Å². The minimum atomic E-state index is -2.43. The third-order valence-electron chi connectivity index (χ3n) is 4.31. The second kappa shape index (κ2) is 8.49. The SMILES string of the molecule is CCOC(=O)c1ccc(C2(O)OC(C)=C(OSC(O)(O)c3ccccc3)C2=O)cc1. The molecule has 0 fully saturated rings. The Balaban J connectivity index is 1.75. The number of ketones is 1. The number of rotatable bonds is 7. The second-order valence-corrected chi connectivity index (χ2v) is 7.30. The van der Waals surface area contributed by atoms with Gasteiger partial charge in [-0.15, -0.1) is 0 Å². The van der Waals surface area contributed by atoms with E-state index in [4.69, 9.17) is 13.7 Å². The maximum atomic E-state index is 12.8. The third kappa shape index (κ3) is 4.19. The zero-order valence-electron chi connectivity index (χ0n) is 16.2. The van der Waals surface area contributed by atoms with Crippen LogP contribution >= 0.6 is 12.0 Å². The molecule has 8 nitrogen and oxygen atoms in total. The van der Waals surface area contributed by atoms with Gasteiger partial charge < -0.3 is 29.0 Å². The first-order valence-corrected chi connectivity index (χ1v) is 9.74. The number of esters is 1. The predicted molar refractivity (Wildman–Crippen MR) is 106 cm³/mol. The quantitative estimate of drug-likeness (QED) is 0.344. The van der Waals surface area contributed by atoms with E-state index < -0.39 is 22.7 Å². The molecule has 1 aliphatic heterocycles. The van der Waals surface area contributed by atoms with Crippen LogP contribution in [0.3, 0.4) is 0 Å². The van der Waals surface area contributed by atoms with Crippen molar-refractivity contribution < 1.29 is 38.6 Å². The number of hydrogen-bond acceptors (Lipinski definition) is 9. The molecule has 1 atom stereocenters. The van der Waals surface area contributed by atoms with Crippen LogP contribution in [0.15, 0.2) is 66.1 Å². The summed E-state index contributed by atoms with van der Waals surface area (Å²) >= 11 is 0.224. The third-order valence-corrected chi connectivity index (χ3v) is 5.03. The van der Waals surface area contributed by atoms with Crippen molar-refractivity contribution in [3.8, 4) is 0 Å². The molecule has 0 saturated heterocycles. The zero-order chi connectivity index (χ0) is 21.9. The van der Waals surface area contributed by atoms with E-state index in [-0.39, 0.29) is 46.9 Å². The highest BCUT2D eigenvalue weighted by Gasteiger charge is 2.51. The molecule has 0 bridgehead atoms. The highest BCUT2D eigenvalue weighted by atomic mass is 32.2. The van der Waals surface area contributed by atoms with Crippen LogP contribution in [0.25, 0.3) is 0 Å². The Bertz CT molecular complexity index is 968. The normalized spacial score (nSPS) is 18.9. The van der Waals surface area contributed by atoms with Gasteiger partial charge in [0.15, 0.2) is 0 Å². The summed E-state index contributed by atoms with van der Waals surface area (Å²) < 4.78 is 15.5. The lowest BCUT2D eigenvalue weighted by atomic mass is 10.0. The molecule has 0 amide bonds. The molecule has 0 aromatic heterocycles. The fraction of sp³-hybridized carbons (Fsp3) is 0.238. The smallest absolute Gasteiger partial charge is 0.338 e. The van der Waals surface area contributed by atoms with E-state index in [1.165, 1.54) is 43.3 Å². The summed E-state index contributed by atoms with van der Waals surface area (Å²) in [6, 6.07) is 13.4. The summed E-state index contributed by atoms with van der Waals surface area (Å²) in [5.74, 6) is -4.21. The van der Waals surface area contributed by atoms with Gasteiger partial charge in [0.25, 0.3) is 10.9 Å². The summed E-state index contributed by atoms with van der Waals surface area (Å²) in [6.45, 7) is 3.30. The highest BCUT2D eigenvalue weighted by Crippen LogP contribution is 2.41. The van der Waals surface area contributed by atoms with Gasteiger partial charge >= 0.3 is 11.8 Å². The monoisotopic (exact) mass is 432 g/mol. The minimum absolute atomic E-state index is 0.0340.